The van der Waals surface area contributed by atoms with Crippen LogP contribution >= 0.6 is 11.6 Å². The molecule has 2 unspecified atom stereocenters. The second-order valence-electron chi connectivity index (χ2n) is 5.87. The first kappa shape index (κ1) is 15.3. The molecule has 0 aromatic heterocycles. The monoisotopic (exact) mass is 298 g/mol. The summed E-state index contributed by atoms with van der Waals surface area (Å²) in [6.45, 7) is 2.10. The van der Waals surface area contributed by atoms with E-state index in [2.05, 4.69) is 6.92 Å². The highest BCUT2D eigenvalue weighted by atomic mass is 35.5. The van der Waals surface area contributed by atoms with Crippen LogP contribution in [-0.2, 0) is 11.2 Å². The van der Waals surface area contributed by atoms with Gasteiger partial charge in [0.25, 0.3) is 0 Å². The lowest BCUT2D eigenvalue weighted by Crippen LogP contribution is -2.38. The summed E-state index contributed by atoms with van der Waals surface area (Å²) >= 11 is 6.09. The quantitative estimate of drug-likeness (QED) is 0.875. The van der Waals surface area contributed by atoms with Crippen molar-refractivity contribution in [1.82, 2.24) is 0 Å². The predicted octanol–water partition coefficient (Wildman–Crippen LogP) is 4.69. The van der Waals surface area contributed by atoms with Crippen molar-refractivity contribution in [2.45, 2.75) is 45.4 Å². The summed E-state index contributed by atoms with van der Waals surface area (Å²) in [5.41, 5.74) is -0.193. The first-order valence-electron chi connectivity index (χ1n) is 7.14. The standard InChI is InChI=1S/C16H20ClFO2/c1-2-11-4-3-7-16(9-11,15(19)20)10-12-8-13(18)5-6-14(12)17/h5-6,8,11H,2-4,7,9-10H2,1H3,(H,19,20). The van der Waals surface area contributed by atoms with E-state index >= 15 is 0 Å². The average Bonchev–Trinajstić information content (AvgIpc) is 2.43. The number of carboxylic acids is 1. The Labute approximate surface area is 123 Å². The van der Waals surface area contributed by atoms with Crippen molar-refractivity contribution in [2.24, 2.45) is 11.3 Å². The Morgan fingerprint density at radius 2 is 2.30 bits per heavy atom. The molecule has 2 atom stereocenters. The molecule has 2 rings (SSSR count). The van der Waals surface area contributed by atoms with Crippen molar-refractivity contribution in [3.8, 4) is 0 Å². The van der Waals surface area contributed by atoms with Gasteiger partial charge in [0.05, 0.1) is 5.41 Å². The molecule has 1 aromatic rings. The maximum Gasteiger partial charge on any atom is 0.309 e. The Morgan fingerprint density at radius 1 is 1.55 bits per heavy atom. The maximum absolute atomic E-state index is 13.4. The second-order valence-corrected chi connectivity index (χ2v) is 6.28. The minimum Gasteiger partial charge on any atom is -0.481 e. The van der Waals surface area contributed by atoms with Gasteiger partial charge in [-0.05, 0) is 48.9 Å². The molecule has 0 aliphatic heterocycles. The zero-order chi connectivity index (χ0) is 14.8. The molecule has 0 radical (unpaired) electrons. The van der Waals surface area contributed by atoms with Gasteiger partial charge in [-0.1, -0.05) is 37.8 Å². The minimum absolute atomic E-state index is 0.315. The van der Waals surface area contributed by atoms with Crippen LogP contribution < -0.4 is 0 Å². The van der Waals surface area contributed by atoms with Crippen LogP contribution in [0.5, 0.6) is 0 Å². The lowest BCUT2D eigenvalue weighted by molar-refractivity contribution is -0.152. The van der Waals surface area contributed by atoms with Gasteiger partial charge in [-0.2, -0.15) is 0 Å². The number of rotatable bonds is 4. The van der Waals surface area contributed by atoms with E-state index in [-0.39, 0.29) is 5.82 Å². The Balaban J connectivity index is 2.29. The van der Waals surface area contributed by atoms with Crippen molar-refractivity contribution < 1.29 is 14.3 Å². The van der Waals surface area contributed by atoms with Gasteiger partial charge in [-0.15, -0.1) is 0 Å². The smallest absolute Gasteiger partial charge is 0.309 e. The molecule has 0 amide bonds. The third-order valence-electron chi connectivity index (χ3n) is 4.51. The molecule has 20 heavy (non-hydrogen) atoms. The maximum atomic E-state index is 13.4. The van der Waals surface area contributed by atoms with E-state index in [4.69, 9.17) is 11.6 Å². The summed E-state index contributed by atoms with van der Waals surface area (Å²) in [5, 5.41) is 10.1. The van der Waals surface area contributed by atoms with Gasteiger partial charge in [-0.3, -0.25) is 4.79 Å². The zero-order valence-electron chi connectivity index (χ0n) is 11.7. The van der Waals surface area contributed by atoms with Crippen LogP contribution in [-0.4, -0.2) is 11.1 Å². The molecule has 0 bridgehead atoms. The molecule has 110 valence electrons. The van der Waals surface area contributed by atoms with Crippen molar-refractivity contribution in [3.63, 3.8) is 0 Å². The van der Waals surface area contributed by atoms with E-state index in [1.165, 1.54) is 18.2 Å². The van der Waals surface area contributed by atoms with Crippen molar-refractivity contribution in [2.75, 3.05) is 0 Å². The summed E-state index contributed by atoms with van der Waals surface area (Å²) in [4.78, 5) is 11.8. The van der Waals surface area contributed by atoms with Gasteiger partial charge in [0.2, 0.25) is 0 Å². The van der Waals surface area contributed by atoms with E-state index < -0.39 is 11.4 Å². The van der Waals surface area contributed by atoms with Crippen LogP contribution in [0, 0.1) is 17.2 Å². The largest absolute Gasteiger partial charge is 0.481 e. The molecule has 0 spiro atoms. The minimum atomic E-state index is -0.795. The Morgan fingerprint density at radius 3 is 2.95 bits per heavy atom. The molecule has 0 saturated heterocycles. The van der Waals surface area contributed by atoms with Crippen LogP contribution in [0.25, 0.3) is 0 Å². The van der Waals surface area contributed by atoms with E-state index in [0.29, 0.717) is 35.8 Å². The first-order chi connectivity index (χ1) is 9.47. The summed E-state index contributed by atoms with van der Waals surface area (Å²) in [6.07, 6.45) is 4.61. The van der Waals surface area contributed by atoms with Crippen LogP contribution in [0.15, 0.2) is 18.2 Å². The average molecular weight is 299 g/mol. The molecular weight excluding hydrogens is 279 g/mol. The second kappa shape index (κ2) is 6.13. The predicted molar refractivity (Wildman–Crippen MR) is 77.4 cm³/mol. The lowest BCUT2D eigenvalue weighted by Gasteiger charge is -2.37. The topological polar surface area (TPSA) is 37.3 Å². The molecule has 1 N–H and O–H groups in total. The Bertz CT molecular complexity index is 503. The molecule has 1 aromatic carbocycles. The van der Waals surface area contributed by atoms with Crippen molar-refractivity contribution >= 4 is 17.6 Å². The normalized spacial score (nSPS) is 26.4. The number of carbonyl (C=O) groups is 1. The number of hydrogen-bond acceptors (Lipinski definition) is 1. The van der Waals surface area contributed by atoms with Crippen molar-refractivity contribution in [1.29, 1.82) is 0 Å². The van der Waals surface area contributed by atoms with Gasteiger partial charge in [0.1, 0.15) is 5.82 Å². The molecule has 4 heteroatoms. The third kappa shape index (κ3) is 3.14. The fourth-order valence-electron chi connectivity index (χ4n) is 3.31. The van der Waals surface area contributed by atoms with E-state index in [1.54, 1.807) is 0 Å². The number of halogens is 2. The lowest BCUT2D eigenvalue weighted by atomic mass is 9.66. The summed E-state index contributed by atoms with van der Waals surface area (Å²) < 4.78 is 13.4. The molecule has 1 aliphatic carbocycles. The van der Waals surface area contributed by atoms with Gasteiger partial charge in [0, 0.05) is 5.02 Å². The van der Waals surface area contributed by atoms with Crippen LogP contribution in [0.2, 0.25) is 5.02 Å². The molecular formula is C16H20ClFO2. The van der Waals surface area contributed by atoms with Gasteiger partial charge in [-0.25, -0.2) is 4.39 Å². The fourth-order valence-corrected chi connectivity index (χ4v) is 3.49. The molecule has 2 nitrogen and oxygen atoms in total. The van der Waals surface area contributed by atoms with Gasteiger partial charge >= 0.3 is 5.97 Å². The summed E-state index contributed by atoms with van der Waals surface area (Å²) in [7, 11) is 0. The summed E-state index contributed by atoms with van der Waals surface area (Å²) in [6, 6.07) is 4.17. The van der Waals surface area contributed by atoms with Crippen LogP contribution in [0.4, 0.5) is 4.39 Å². The van der Waals surface area contributed by atoms with E-state index in [1.807, 2.05) is 0 Å². The molecule has 1 fully saturated rings. The van der Waals surface area contributed by atoms with Crippen molar-refractivity contribution in [3.05, 3.63) is 34.6 Å². The zero-order valence-corrected chi connectivity index (χ0v) is 12.4. The number of aliphatic carboxylic acids is 1. The highest BCUT2D eigenvalue weighted by Gasteiger charge is 2.42. The number of hydrogen-bond donors (Lipinski definition) is 1. The van der Waals surface area contributed by atoms with Gasteiger partial charge in [0.15, 0.2) is 0 Å². The summed E-state index contributed by atoms with van der Waals surface area (Å²) in [5.74, 6) is -0.712. The first-order valence-corrected chi connectivity index (χ1v) is 7.52. The Hall–Kier alpha value is -1.09. The van der Waals surface area contributed by atoms with Crippen LogP contribution in [0.3, 0.4) is 0 Å². The number of benzene rings is 1. The highest BCUT2D eigenvalue weighted by Crippen LogP contribution is 2.44. The van der Waals surface area contributed by atoms with Crippen LogP contribution in [0.1, 0.15) is 44.6 Å². The highest BCUT2D eigenvalue weighted by molar-refractivity contribution is 6.31. The molecule has 1 saturated carbocycles. The van der Waals surface area contributed by atoms with E-state index in [9.17, 15) is 14.3 Å². The number of carboxylic acid groups (broad SMARTS) is 1. The van der Waals surface area contributed by atoms with Gasteiger partial charge < -0.3 is 5.11 Å². The molecule has 0 heterocycles. The third-order valence-corrected chi connectivity index (χ3v) is 4.88. The SMILES string of the molecule is CCC1CCCC(Cc2cc(F)ccc2Cl)(C(=O)O)C1. The van der Waals surface area contributed by atoms with E-state index in [0.717, 1.165) is 19.3 Å². The fraction of sp³-hybridized carbons (Fsp3) is 0.562. The Kier molecular flexibility index (Phi) is 4.69. The molecule has 1 aliphatic rings.